The van der Waals surface area contributed by atoms with Gasteiger partial charge in [-0.1, -0.05) is 25.1 Å². The molecule has 0 saturated carbocycles. The van der Waals surface area contributed by atoms with Crippen LogP contribution in [0.25, 0.3) is 11.0 Å². The molecule has 2 atom stereocenters. The lowest BCUT2D eigenvalue weighted by molar-refractivity contribution is -0.142. The summed E-state index contributed by atoms with van der Waals surface area (Å²) in [4.78, 5) is 17.5. The van der Waals surface area contributed by atoms with Crippen LogP contribution in [0.1, 0.15) is 52.4 Å². The van der Waals surface area contributed by atoms with Crippen molar-refractivity contribution in [3.8, 4) is 0 Å². The highest BCUT2D eigenvalue weighted by molar-refractivity contribution is 8.00. The fourth-order valence-corrected chi connectivity index (χ4v) is 6.69. The summed E-state index contributed by atoms with van der Waals surface area (Å²) < 4.78 is 40.9. The minimum absolute atomic E-state index is 0.0848. The number of ether oxygens (including phenoxy) is 2. The van der Waals surface area contributed by atoms with E-state index in [1.165, 1.54) is 11.8 Å². The minimum Gasteiger partial charge on any atom is -0.465 e. The molecule has 2 aliphatic rings. The van der Waals surface area contributed by atoms with Crippen LogP contribution in [0.2, 0.25) is 0 Å². The maximum atomic E-state index is 13.0. The Morgan fingerprint density at radius 3 is 2.79 bits per heavy atom. The predicted octanol–water partition coefficient (Wildman–Crippen LogP) is 3.82. The number of imidazole rings is 1. The van der Waals surface area contributed by atoms with Gasteiger partial charge in [0, 0.05) is 19.7 Å². The first-order chi connectivity index (χ1) is 15.9. The Bertz CT molecular complexity index is 1070. The molecule has 2 aromatic rings. The van der Waals surface area contributed by atoms with Gasteiger partial charge < -0.3 is 14.0 Å². The van der Waals surface area contributed by atoms with Crippen molar-refractivity contribution >= 4 is 38.8 Å². The molecule has 1 aromatic heterocycles. The van der Waals surface area contributed by atoms with Crippen LogP contribution in [0.4, 0.5) is 0 Å². The topological polar surface area (TPSA) is 90.7 Å². The maximum Gasteiger partial charge on any atom is 0.319 e. The number of fused-ring (bicyclic) bond motifs is 1. The van der Waals surface area contributed by atoms with E-state index in [9.17, 15) is 13.2 Å². The summed E-state index contributed by atoms with van der Waals surface area (Å²) in [5, 5.41) is 0.255. The normalized spacial score (nSPS) is 20.5. The summed E-state index contributed by atoms with van der Waals surface area (Å²) >= 11 is 1.35. The zero-order valence-corrected chi connectivity index (χ0v) is 21.0. The minimum atomic E-state index is -3.53. The highest BCUT2D eigenvalue weighted by atomic mass is 32.2. The molecule has 0 unspecified atom stereocenters. The van der Waals surface area contributed by atoms with Gasteiger partial charge >= 0.3 is 5.97 Å². The van der Waals surface area contributed by atoms with E-state index in [4.69, 9.17) is 14.5 Å². The van der Waals surface area contributed by atoms with E-state index in [-0.39, 0.29) is 17.0 Å². The van der Waals surface area contributed by atoms with Crippen LogP contribution in [0, 0.1) is 0 Å². The third-order valence-electron chi connectivity index (χ3n) is 6.15. The summed E-state index contributed by atoms with van der Waals surface area (Å²) in [5.74, 6) is -0.263. The lowest BCUT2D eigenvalue weighted by Crippen LogP contribution is -2.27. The molecule has 0 N–H and O–H groups in total. The summed E-state index contributed by atoms with van der Waals surface area (Å²) in [6, 6.07) is 5.15. The number of rotatable bonds is 10. The third kappa shape index (κ3) is 5.55. The lowest BCUT2D eigenvalue weighted by atomic mass is 10.2. The third-order valence-corrected chi connectivity index (χ3v) is 9.12. The molecule has 33 heavy (non-hydrogen) atoms. The molecule has 0 amide bonds. The Hall–Kier alpha value is -1.62. The van der Waals surface area contributed by atoms with Crippen LogP contribution in [0.5, 0.6) is 0 Å². The van der Waals surface area contributed by atoms with Gasteiger partial charge in [0.2, 0.25) is 10.0 Å². The van der Waals surface area contributed by atoms with Crippen molar-refractivity contribution in [2.75, 3.05) is 26.3 Å². The Labute approximate surface area is 200 Å². The summed E-state index contributed by atoms with van der Waals surface area (Å²) in [6.45, 7) is 6.78. The highest BCUT2D eigenvalue weighted by Gasteiger charge is 2.29. The van der Waals surface area contributed by atoms with E-state index in [0.717, 1.165) is 50.6 Å². The first kappa shape index (κ1) is 24.5. The van der Waals surface area contributed by atoms with Crippen molar-refractivity contribution in [2.45, 2.75) is 80.3 Å². The van der Waals surface area contributed by atoms with E-state index in [1.54, 1.807) is 16.4 Å². The second-order valence-electron chi connectivity index (χ2n) is 8.68. The number of hydrogen-bond acceptors (Lipinski definition) is 7. The van der Waals surface area contributed by atoms with Gasteiger partial charge in [-0.25, -0.2) is 13.4 Å². The Balaban J connectivity index is 1.63. The first-order valence-corrected chi connectivity index (χ1v) is 14.2. The van der Waals surface area contributed by atoms with Crippen LogP contribution in [0.3, 0.4) is 0 Å². The van der Waals surface area contributed by atoms with Gasteiger partial charge in [-0.3, -0.25) is 4.79 Å². The Morgan fingerprint density at radius 2 is 2.09 bits per heavy atom. The van der Waals surface area contributed by atoms with Crippen LogP contribution in [0.15, 0.2) is 28.3 Å². The molecule has 182 valence electrons. The zero-order valence-electron chi connectivity index (χ0n) is 19.4. The van der Waals surface area contributed by atoms with Gasteiger partial charge in [0.1, 0.15) is 5.25 Å². The van der Waals surface area contributed by atoms with Gasteiger partial charge in [0.25, 0.3) is 0 Å². The van der Waals surface area contributed by atoms with E-state index in [1.807, 2.05) is 13.0 Å². The average molecular weight is 496 g/mol. The number of sulfonamides is 1. The summed E-state index contributed by atoms with van der Waals surface area (Å²) in [5.41, 5.74) is 1.46. The molecular weight excluding hydrogens is 462 g/mol. The molecule has 0 bridgehead atoms. The first-order valence-electron chi connectivity index (χ1n) is 11.9. The van der Waals surface area contributed by atoms with Gasteiger partial charge in [-0.05, 0) is 57.2 Å². The van der Waals surface area contributed by atoms with Crippen LogP contribution in [-0.2, 0) is 30.8 Å². The van der Waals surface area contributed by atoms with E-state index in [2.05, 4.69) is 11.5 Å². The van der Waals surface area contributed by atoms with Crippen molar-refractivity contribution in [3.63, 3.8) is 0 Å². The Kier molecular flexibility index (Phi) is 7.99. The van der Waals surface area contributed by atoms with Crippen molar-refractivity contribution in [1.29, 1.82) is 0 Å². The average Bonchev–Trinajstić information content (AvgIpc) is 3.56. The number of esters is 1. The second-order valence-corrected chi connectivity index (χ2v) is 11.9. The van der Waals surface area contributed by atoms with Crippen molar-refractivity contribution in [3.05, 3.63) is 18.2 Å². The molecule has 4 rings (SSSR count). The predicted molar refractivity (Wildman–Crippen MR) is 128 cm³/mol. The maximum absolute atomic E-state index is 13.0. The molecule has 2 fully saturated rings. The van der Waals surface area contributed by atoms with Gasteiger partial charge in [0.05, 0.1) is 35.2 Å². The number of aromatic nitrogens is 2. The molecule has 0 spiro atoms. The standard InChI is InChI=1S/C23H33N3O5S2/c1-3-4-13-31-22(27)17(2)32-23-24-20-15-19(33(28,29)25-11-5-6-12-25)9-10-21(20)26(23)16-18-8-7-14-30-18/h9-10,15,17-18H,3-8,11-14,16H2,1-2H3/t17-,18+/m0/s1. The van der Waals surface area contributed by atoms with Gasteiger partial charge in [-0.2, -0.15) is 4.31 Å². The van der Waals surface area contributed by atoms with Crippen LogP contribution < -0.4 is 0 Å². The molecule has 0 radical (unpaired) electrons. The van der Waals surface area contributed by atoms with Gasteiger partial charge in [0.15, 0.2) is 5.16 Å². The smallest absolute Gasteiger partial charge is 0.319 e. The van der Waals surface area contributed by atoms with Crippen LogP contribution in [-0.4, -0.2) is 65.9 Å². The second kappa shape index (κ2) is 10.8. The molecule has 2 saturated heterocycles. The molecule has 0 aliphatic carbocycles. The number of carbonyl (C=O) groups excluding carboxylic acids is 1. The lowest BCUT2D eigenvalue weighted by Gasteiger charge is -2.16. The molecule has 10 heteroatoms. The Morgan fingerprint density at radius 1 is 1.30 bits per heavy atom. The summed E-state index contributed by atoms with van der Waals surface area (Å²) in [7, 11) is -3.53. The monoisotopic (exact) mass is 495 g/mol. The zero-order chi connectivity index (χ0) is 23.4. The number of hydrogen-bond donors (Lipinski definition) is 0. The van der Waals surface area contributed by atoms with E-state index in [0.29, 0.717) is 36.9 Å². The van der Waals surface area contributed by atoms with Crippen molar-refractivity contribution in [1.82, 2.24) is 13.9 Å². The number of carbonyl (C=O) groups is 1. The van der Waals surface area contributed by atoms with Crippen LogP contribution >= 0.6 is 11.8 Å². The number of thioether (sulfide) groups is 1. The fourth-order valence-electron chi connectivity index (χ4n) is 4.22. The number of unbranched alkanes of at least 4 members (excludes halogenated alkanes) is 1. The number of benzene rings is 1. The fraction of sp³-hybridized carbons (Fsp3) is 0.652. The molecule has 1 aromatic carbocycles. The molecule has 2 aliphatic heterocycles. The quantitative estimate of drug-likeness (QED) is 0.281. The summed E-state index contributed by atoms with van der Waals surface area (Å²) in [6.07, 6.45) is 5.68. The van der Waals surface area contributed by atoms with Crippen molar-refractivity contribution in [2.24, 2.45) is 0 Å². The number of nitrogens with zero attached hydrogens (tertiary/aromatic N) is 3. The molecule has 8 nitrogen and oxygen atoms in total. The van der Waals surface area contributed by atoms with Gasteiger partial charge in [-0.15, -0.1) is 0 Å². The largest absolute Gasteiger partial charge is 0.465 e. The van der Waals surface area contributed by atoms with E-state index < -0.39 is 15.3 Å². The SMILES string of the molecule is CCCCOC(=O)[C@H](C)Sc1nc2cc(S(=O)(=O)N3CCCC3)ccc2n1C[C@H]1CCCO1. The van der Waals surface area contributed by atoms with E-state index >= 15 is 0 Å². The van der Waals surface area contributed by atoms with Crippen molar-refractivity contribution < 1.29 is 22.7 Å². The molecule has 3 heterocycles. The highest BCUT2D eigenvalue weighted by Crippen LogP contribution is 2.31. The molecular formula is C23H33N3O5S2.